The van der Waals surface area contributed by atoms with Crippen LogP contribution in [0.25, 0.3) is 0 Å². The van der Waals surface area contributed by atoms with Gasteiger partial charge in [-0.25, -0.2) is 9.78 Å². The highest BCUT2D eigenvalue weighted by molar-refractivity contribution is 5.86. The normalized spacial score (nSPS) is 32.9. The number of oxazole rings is 1. The van der Waals surface area contributed by atoms with Gasteiger partial charge in [0.05, 0.1) is 18.1 Å². The fraction of sp³-hybridized carbons (Fsp3) is 0.667. The lowest BCUT2D eigenvalue weighted by atomic mass is 9.89. The van der Waals surface area contributed by atoms with E-state index in [9.17, 15) is 4.79 Å². The molecule has 1 aliphatic rings. The summed E-state index contributed by atoms with van der Waals surface area (Å²) in [6, 6.07) is 0. The molecule has 0 saturated carbocycles. The maximum absolute atomic E-state index is 10.9. The van der Waals surface area contributed by atoms with Gasteiger partial charge in [0, 0.05) is 0 Å². The molecule has 1 aromatic rings. The summed E-state index contributed by atoms with van der Waals surface area (Å²) in [7, 11) is 0. The number of ether oxygens (including phenoxy) is 1. The molecule has 1 aromatic heterocycles. The van der Waals surface area contributed by atoms with Crippen LogP contribution >= 0.6 is 0 Å². The zero-order valence-corrected chi connectivity index (χ0v) is 10.4. The molecule has 1 N–H and O–H groups in total. The van der Waals surface area contributed by atoms with E-state index < -0.39 is 5.97 Å². The average Bonchev–Trinajstić information content (AvgIpc) is 2.70. The third-order valence-electron chi connectivity index (χ3n) is 3.54. The van der Waals surface area contributed by atoms with Gasteiger partial charge in [-0.2, -0.15) is 0 Å². The average molecular weight is 239 g/mol. The van der Waals surface area contributed by atoms with Crippen molar-refractivity contribution in [2.24, 2.45) is 5.92 Å². The number of nitrogens with zero attached hydrogens (tertiary/aromatic N) is 1. The van der Waals surface area contributed by atoms with Gasteiger partial charge in [0.1, 0.15) is 5.76 Å². The first-order chi connectivity index (χ1) is 7.91. The second-order valence-corrected chi connectivity index (χ2v) is 4.69. The Balaban J connectivity index is 2.34. The number of hydrogen-bond donors (Lipinski definition) is 1. The molecule has 0 amide bonds. The van der Waals surface area contributed by atoms with Gasteiger partial charge in [-0.05, 0) is 26.7 Å². The molecule has 0 aliphatic carbocycles. The van der Waals surface area contributed by atoms with Crippen LogP contribution in [0.3, 0.4) is 0 Å². The van der Waals surface area contributed by atoms with E-state index in [1.165, 1.54) is 0 Å². The van der Waals surface area contributed by atoms with Crippen LogP contribution in [0.5, 0.6) is 0 Å². The lowest BCUT2D eigenvalue weighted by Gasteiger charge is -2.13. The monoisotopic (exact) mass is 239 g/mol. The van der Waals surface area contributed by atoms with Crippen LogP contribution in [0.1, 0.15) is 48.8 Å². The van der Waals surface area contributed by atoms with E-state index in [1.807, 2.05) is 13.8 Å². The number of rotatable bonds is 2. The van der Waals surface area contributed by atoms with E-state index in [2.05, 4.69) is 11.9 Å². The van der Waals surface area contributed by atoms with Crippen molar-refractivity contribution in [1.29, 1.82) is 0 Å². The van der Waals surface area contributed by atoms with Crippen LogP contribution in [0.15, 0.2) is 4.42 Å². The van der Waals surface area contributed by atoms with Gasteiger partial charge in [0.15, 0.2) is 5.69 Å². The second kappa shape index (κ2) is 4.14. The molecule has 1 saturated heterocycles. The minimum Gasteiger partial charge on any atom is -0.476 e. The minimum absolute atomic E-state index is 0.000283. The summed E-state index contributed by atoms with van der Waals surface area (Å²) in [5.74, 6) is 0.0713. The molecule has 0 radical (unpaired) electrons. The Morgan fingerprint density at radius 2 is 1.94 bits per heavy atom. The van der Waals surface area contributed by atoms with Gasteiger partial charge < -0.3 is 14.3 Å². The molecular formula is C12H17NO4. The summed E-state index contributed by atoms with van der Waals surface area (Å²) in [5.41, 5.74) is -0.000969. The van der Waals surface area contributed by atoms with Gasteiger partial charge in [-0.3, -0.25) is 0 Å². The molecular weight excluding hydrogens is 222 g/mol. The Morgan fingerprint density at radius 1 is 1.29 bits per heavy atom. The van der Waals surface area contributed by atoms with Gasteiger partial charge in [-0.1, -0.05) is 6.92 Å². The molecule has 0 bridgehead atoms. The Bertz CT molecular complexity index is 440. The molecule has 17 heavy (non-hydrogen) atoms. The lowest BCUT2D eigenvalue weighted by molar-refractivity contribution is 0.0544. The largest absolute Gasteiger partial charge is 0.476 e. The van der Waals surface area contributed by atoms with Crippen LogP contribution in [0.4, 0.5) is 0 Å². The topological polar surface area (TPSA) is 72.6 Å². The zero-order chi connectivity index (χ0) is 12.7. The fourth-order valence-corrected chi connectivity index (χ4v) is 2.45. The minimum atomic E-state index is -1.05. The zero-order valence-electron chi connectivity index (χ0n) is 10.4. The lowest BCUT2D eigenvalue weighted by Crippen LogP contribution is -2.15. The molecule has 4 unspecified atom stereocenters. The summed E-state index contributed by atoms with van der Waals surface area (Å²) in [5, 5.41) is 8.95. The number of hydrogen-bond acceptors (Lipinski definition) is 4. The second-order valence-electron chi connectivity index (χ2n) is 4.69. The first-order valence-corrected chi connectivity index (χ1v) is 5.78. The standard InChI is InChI=1S/C12H17NO4/c1-5-6(2)16-7(3)9(5)11-13-10(12(14)15)8(4)17-11/h5-7,9H,1-4H3,(H,14,15). The molecule has 5 nitrogen and oxygen atoms in total. The van der Waals surface area contributed by atoms with E-state index in [4.69, 9.17) is 14.3 Å². The van der Waals surface area contributed by atoms with Gasteiger partial charge in [-0.15, -0.1) is 0 Å². The van der Waals surface area contributed by atoms with E-state index in [-0.39, 0.29) is 29.7 Å². The first-order valence-electron chi connectivity index (χ1n) is 5.78. The quantitative estimate of drug-likeness (QED) is 0.856. The Labute approximate surface area is 99.8 Å². The van der Waals surface area contributed by atoms with E-state index in [0.29, 0.717) is 11.7 Å². The van der Waals surface area contributed by atoms with Crippen LogP contribution in [0, 0.1) is 12.8 Å². The van der Waals surface area contributed by atoms with Crippen molar-refractivity contribution in [3.8, 4) is 0 Å². The predicted octanol–water partition coefficient (Wildman–Crippen LogP) is 2.21. The fourth-order valence-electron chi connectivity index (χ4n) is 2.45. The summed E-state index contributed by atoms with van der Waals surface area (Å²) in [6.07, 6.45) is 0.134. The highest BCUT2D eigenvalue weighted by Gasteiger charge is 2.41. The third kappa shape index (κ3) is 1.95. The Kier molecular flexibility index (Phi) is 2.95. The highest BCUT2D eigenvalue weighted by Crippen LogP contribution is 2.39. The molecule has 2 rings (SSSR count). The maximum Gasteiger partial charge on any atom is 0.358 e. The van der Waals surface area contributed by atoms with Crippen LogP contribution in [-0.4, -0.2) is 28.3 Å². The maximum atomic E-state index is 10.9. The number of aryl methyl sites for hydroxylation is 1. The van der Waals surface area contributed by atoms with Gasteiger partial charge in [0.2, 0.25) is 5.89 Å². The number of carboxylic acid groups (broad SMARTS) is 1. The predicted molar refractivity (Wildman–Crippen MR) is 60.1 cm³/mol. The van der Waals surface area contributed by atoms with Crippen LogP contribution in [-0.2, 0) is 4.74 Å². The number of aromatic nitrogens is 1. The van der Waals surface area contributed by atoms with Gasteiger partial charge in [0.25, 0.3) is 0 Å². The van der Waals surface area contributed by atoms with E-state index in [0.717, 1.165) is 0 Å². The Morgan fingerprint density at radius 3 is 2.35 bits per heavy atom. The smallest absolute Gasteiger partial charge is 0.358 e. The molecule has 4 atom stereocenters. The molecule has 2 heterocycles. The number of carbonyl (C=O) groups is 1. The third-order valence-corrected chi connectivity index (χ3v) is 3.54. The highest BCUT2D eigenvalue weighted by atomic mass is 16.5. The summed E-state index contributed by atoms with van der Waals surface area (Å²) in [4.78, 5) is 15.0. The summed E-state index contributed by atoms with van der Waals surface area (Å²) in [6.45, 7) is 7.66. The van der Waals surface area contributed by atoms with Crippen LogP contribution in [0.2, 0.25) is 0 Å². The summed E-state index contributed by atoms with van der Waals surface area (Å²) >= 11 is 0. The number of carboxylic acids is 1. The van der Waals surface area contributed by atoms with Crippen molar-refractivity contribution >= 4 is 5.97 Å². The van der Waals surface area contributed by atoms with Crippen LogP contribution < -0.4 is 0 Å². The molecule has 94 valence electrons. The van der Waals surface area contributed by atoms with Crippen molar-refractivity contribution in [3.05, 3.63) is 17.3 Å². The molecule has 5 heteroatoms. The van der Waals surface area contributed by atoms with Crippen molar-refractivity contribution in [1.82, 2.24) is 4.98 Å². The molecule has 0 spiro atoms. The van der Waals surface area contributed by atoms with E-state index >= 15 is 0 Å². The molecule has 0 aromatic carbocycles. The van der Waals surface area contributed by atoms with E-state index in [1.54, 1.807) is 6.92 Å². The van der Waals surface area contributed by atoms with Crippen molar-refractivity contribution in [3.63, 3.8) is 0 Å². The van der Waals surface area contributed by atoms with Crippen molar-refractivity contribution in [2.75, 3.05) is 0 Å². The molecule has 1 aliphatic heterocycles. The first kappa shape index (κ1) is 12.1. The number of aromatic carboxylic acids is 1. The SMILES string of the molecule is Cc1oc(C2C(C)OC(C)C2C)nc1C(=O)O. The van der Waals surface area contributed by atoms with Crippen molar-refractivity contribution < 1.29 is 19.1 Å². The van der Waals surface area contributed by atoms with Gasteiger partial charge >= 0.3 is 5.97 Å². The molecule has 1 fully saturated rings. The van der Waals surface area contributed by atoms with Crippen molar-refractivity contribution in [2.45, 2.75) is 45.8 Å². The summed E-state index contributed by atoms with van der Waals surface area (Å²) < 4.78 is 11.2. The Hall–Kier alpha value is -1.36.